The van der Waals surface area contributed by atoms with Gasteiger partial charge in [-0.3, -0.25) is 4.79 Å². The van der Waals surface area contributed by atoms with Gasteiger partial charge in [0.15, 0.2) is 0 Å². The fourth-order valence-electron chi connectivity index (χ4n) is 1.92. The van der Waals surface area contributed by atoms with Crippen LogP contribution in [-0.4, -0.2) is 47.3 Å². The maximum atomic E-state index is 10.9. The summed E-state index contributed by atoms with van der Waals surface area (Å²) in [5.74, 6) is -0.336. The molecule has 0 aliphatic carbocycles. The van der Waals surface area contributed by atoms with Crippen LogP contribution >= 0.6 is 0 Å². The maximum absolute atomic E-state index is 10.9. The number of hydrogen-bond donors (Lipinski definition) is 1. The number of nitrogens with zero attached hydrogens (tertiary/aromatic N) is 1. The lowest BCUT2D eigenvalue weighted by atomic mass is 9.79. The molecule has 0 saturated carbocycles. The van der Waals surface area contributed by atoms with E-state index in [0.29, 0.717) is 13.0 Å². The Kier molecular flexibility index (Phi) is 2.88. The van der Waals surface area contributed by atoms with E-state index in [-0.39, 0.29) is 5.97 Å². The van der Waals surface area contributed by atoms with Crippen LogP contribution in [0.4, 0.5) is 0 Å². The van der Waals surface area contributed by atoms with Crippen molar-refractivity contribution in [3.8, 4) is 0 Å². The molecule has 1 aliphatic rings. The highest BCUT2D eigenvalue weighted by molar-refractivity contribution is 5.66. The number of piperidine rings is 1. The number of carbonyl (C=O) groups is 1. The smallest absolute Gasteiger partial charge is 0.303 e. The normalized spacial score (nSPS) is 39.5. The van der Waals surface area contributed by atoms with Crippen molar-refractivity contribution in [2.24, 2.45) is 0 Å². The topological polar surface area (TPSA) is 49.8 Å². The van der Waals surface area contributed by atoms with Gasteiger partial charge in [-0.15, -0.1) is 0 Å². The average Bonchev–Trinajstić information content (AvgIpc) is 1.96. The van der Waals surface area contributed by atoms with Crippen LogP contribution in [0.1, 0.15) is 27.2 Å². The van der Waals surface area contributed by atoms with Crippen molar-refractivity contribution in [1.29, 1.82) is 0 Å². The van der Waals surface area contributed by atoms with E-state index in [0.717, 1.165) is 6.54 Å². The monoisotopic (exact) mass is 201 g/mol. The van der Waals surface area contributed by atoms with Gasteiger partial charge in [0.25, 0.3) is 0 Å². The minimum absolute atomic E-state index is 0.336. The number of hydrogen-bond acceptors (Lipinski definition) is 4. The second-order valence-corrected chi connectivity index (χ2v) is 4.59. The van der Waals surface area contributed by atoms with Gasteiger partial charge in [-0.25, -0.2) is 0 Å². The molecule has 0 aromatic carbocycles. The van der Waals surface area contributed by atoms with Gasteiger partial charge in [-0.1, -0.05) is 0 Å². The summed E-state index contributed by atoms with van der Waals surface area (Å²) in [6.07, 6.45) is 0.663. The molecule has 82 valence electrons. The van der Waals surface area contributed by atoms with E-state index in [4.69, 9.17) is 4.74 Å². The molecule has 0 radical (unpaired) electrons. The highest BCUT2D eigenvalue weighted by atomic mass is 16.6. The summed E-state index contributed by atoms with van der Waals surface area (Å²) < 4.78 is 5.23. The Morgan fingerprint density at radius 3 is 2.50 bits per heavy atom. The molecule has 1 N–H and O–H groups in total. The van der Waals surface area contributed by atoms with E-state index >= 15 is 0 Å². The molecule has 2 atom stereocenters. The van der Waals surface area contributed by atoms with E-state index < -0.39 is 11.2 Å². The first-order chi connectivity index (χ1) is 6.27. The van der Waals surface area contributed by atoms with Crippen molar-refractivity contribution in [3.63, 3.8) is 0 Å². The Hall–Kier alpha value is -0.610. The standard InChI is InChI=1S/C10H19NO3/c1-8(12)14-10(3)5-6-11(4)7-9(10,2)13/h13H,5-7H2,1-4H3/t9-,10-/m1/s1. The SMILES string of the molecule is CC(=O)O[C@]1(C)CCN(C)C[C@@]1(C)O. The van der Waals surface area contributed by atoms with E-state index in [1.807, 2.05) is 11.9 Å². The summed E-state index contributed by atoms with van der Waals surface area (Å²) in [6, 6.07) is 0. The quantitative estimate of drug-likeness (QED) is 0.624. The van der Waals surface area contributed by atoms with Gasteiger partial charge in [-0.2, -0.15) is 0 Å². The molecule has 1 heterocycles. The molecule has 0 aromatic heterocycles. The van der Waals surface area contributed by atoms with Crippen LogP contribution in [-0.2, 0) is 9.53 Å². The fraction of sp³-hybridized carbons (Fsp3) is 0.900. The molecule has 1 rings (SSSR count). The average molecular weight is 201 g/mol. The van der Waals surface area contributed by atoms with Gasteiger partial charge in [-0.05, 0) is 20.9 Å². The lowest BCUT2D eigenvalue weighted by Gasteiger charge is -2.48. The van der Waals surface area contributed by atoms with Gasteiger partial charge in [0.2, 0.25) is 0 Å². The van der Waals surface area contributed by atoms with E-state index in [1.165, 1.54) is 6.92 Å². The van der Waals surface area contributed by atoms with Crippen LogP contribution in [0.15, 0.2) is 0 Å². The number of rotatable bonds is 1. The third-order valence-electron chi connectivity index (χ3n) is 3.06. The minimum Gasteiger partial charge on any atom is -0.456 e. The fourth-order valence-corrected chi connectivity index (χ4v) is 1.92. The number of aliphatic hydroxyl groups is 1. The Balaban J connectivity index is 2.81. The molecule has 0 unspecified atom stereocenters. The predicted molar refractivity (Wildman–Crippen MR) is 52.9 cm³/mol. The molecule has 14 heavy (non-hydrogen) atoms. The van der Waals surface area contributed by atoms with Crippen molar-refractivity contribution >= 4 is 5.97 Å². The molecule has 0 bridgehead atoms. The Morgan fingerprint density at radius 2 is 2.07 bits per heavy atom. The summed E-state index contributed by atoms with van der Waals surface area (Å²) in [6.45, 7) is 6.24. The molecule has 1 saturated heterocycles. The lowest BCUT2D eigenvalue weighted by Crippen LogP contribution is -2.62. The minimum atomic E-state index is -0.980. The van der Waals surface area contributed by atoms with Crippen LogP contribution < -0.4 is 0 Å². The molecule has 0 aromatic rings. The molecule has 1 aliphatic heterocycles. The number of likely N-dealkylation sites (N-methyl/N-ethyl adjacent to an activating group) is 1. The first-order valence-corrected chi connectivity index (χ1v) is 4.87. The van der Waals surface area contributed by atoms with E-state index in [9.17, 15) is 9.90 Å². The van der Waals surface area contributed by atoms with Gasteiger partial charge >= 0.3 is 5.97 Å². The Morgan fingerprint density at radius 1 is 1.50 bits per heavy atom. The number of carbonyl (C=O) groups excluding carboxylic acids is 1. The Labute approximate surface area is 84.8 Å². The first kappa shape index (κ1) is 11.5. The molecular weight excluding hydrogens is 182 g/mol. The van der Waals surface area contributed by atoms with Gasteiger partial charge in [0, 0.05) is 26.4 Å². The second-order valence-electron chi connectivity index (χ2n) is 4.59. The van der Waals surface area contributed by atoms with Crippen LogP contribution in [0.3, 0.4) is 0 Å². The number of ether oxygens (including phenoxy) is 1. The van der Waals surface area contributed by atoms with Crippen molar-refractivity contribution in [1.82, 2.24) is 4.90 Å². The van der Waals surface area contributed by atoms with Gasteiger partial charge in [0.05, 0.1) is 0 Å². The molecule has 0 amide bonds. The summed E-state index contributed by atoms with van der Waals surface area (Å²) in [5, 5.41) is 10.2. The highest BCUT2D eigenvalue weighted by Crippen LogP contribution is 2.34. The number of β-amino-alcohol motifs (C(OH)–C–C–N with tert-alkyl or cyclic N) is 1. The van der Waals surface area contributed by atoms with Crippen LogP contribution in [0.2, 0.25) is 0 Å². The largest absolute Gasteiger partial charge is 0.456 e. The van der Waals surface area contributed by atoms with Crippen molar-refractivity contribution in [3.05, 3.63) is 0 Å². The van der Waals surface area contributed by atoms with Crippen molar-refractivity contribution in [2.75, 3.05) is 20.1 Å². The molecular formula is C10H19NO3. The van der Waals surface area contributed by atoms with Gasteiger partial charge in [0.1, 0.15) is 11.2 Å². The Bertz CT molecular complexity index is 240. The lowest BCUT2D eigenvalue weighted by molar-refractivity contribution is -0.202. The summed E-state index contributed by atoms with van der Waals surface area (Å²) in [4.78, 5) is 13.0. The molecule has 4 heteroatoms. The number of esters is 1. The van der Waals surface area contributed by atoms with E-state index in [2.05, 4.69) is 0 Å². The summed E-state index contributed by atoms with van der Waals surface area (Å²) in [7, 11) is 1.95. The first-order valence-electron chi connectivity index (χ1n) is 4.87. The third-order valence-corrected chi connectivity index (χ3v) is 3.06. The van der Waals surface area contributed by atoms with Crippen molar-refractivity contribution < 1.29 is 14.6 Å². The third kappa shape index (κ3) is 2.07. The molecule has 1 fully saturated rings. The van der Waals surface area contributed by atoms with Crippen LogP contribution in [0, 0.1) is 0 Å². The maximum Gasteiger partial charge on any atom is 0.303 e. The molecule has 4 nitrogen and oxygen atoms in total. The summed E-state index contributed by atoms with van der Waals surface area (Å²) in [5.41, 5.74) is -1.74. The zero-order valence-electron chi connectivity index (χ0n) is 9.33. The van der Waals surface area contributed by atoms with Crippen LogP contribution in [0.25, 0.3) is 0 Å². The molecule has 0 spiro atoms. The highest BCUT2D eigenvalue weighted by Gasteiger charge is 2.49. The predicted octanol–water partition coefficient (Wildman–Crippen LogP) is 0.395. The van der Waals surface area contributed by atoms with Crippen LogP contribution in [0.5, 0.6) is 0 Å². The van der Waals surface area contributed by atoms with E-state index in [1.54, 1.807) is 13.8 Å². The van der Waals surface area contributed by atoms with Crippen molar-refractivity contribution in [2.45, 2.75) is 38.4 Å². The number of likely N-dealkylation sites (tertiary alicyclic amines) is 1. The zero-order chi connectivity index (χ0) is 11.0. The van der Waals surface area contributed by atoms with Gasteiger partial charge < -0.3 is 14.7 Å². The second kappa shape index (κ2) is 3.51. The zero-order valence-corrected chi connectivity index (χ0v) is 9.33. The summed E-state index contributed by atoms with van der Waals surface area (Å²) >= 11 is 0.